The second kappa shape index (κ2) is 18.6. The summed E-state index contributed by atoms with van der Waals surface area (Å²) >= 11 is 0. The van der Waals surface area contributed by atoms with Gasteiger partial charge < -0.3 is 30.1 Å². The molecule has 0 unspecified atom stereocenters. The number of carbonyl (C=O) groups excluding carboxylic acids is 1. The van der Waals surface area contributed by atoms with Crippen molar-refractivity contribution in [3.05, 3.63) is 59.7 Å². The zero-order valence-electron chi connectivity index (χ0n) is 33.2. The first-order chi connectivity index (χ1) is 27.6. The fraction of sp³-hybridized carbons (Fsp3) is 0.619. The van der Waals surface area contributed by atoms with Crippen molar-refractivity contribution in [2.45, 2.75) is 90.1 Å². The molecule has 4 aromatic heterocycles. The van der Waals surface area contributed by atoms with Crippen LogP contribution in [0.2, 0.25) is 0 Å². The quantitative estimate of drug-likeness (QED) is 0.178. The molecule has 1 aliphatic carbocycles. The van der Waals surface area contributed by atoms with Crippen LogP contribution in [-0.4, -0.2) is 123 Å². The lowest BCUT2D eigenvalue weighted by molar-refractivity contribution is 0.0927. The molecule has 4 fully saturated rings. The van der Waals surface area contributed by atoms with Crippen LogP contribution in [0, 0.1) is 5.92 Å². The predicted octanol–water partition coefficient (Wildman–Crippen LogP) is 5.05. The van der Waals surface area contributed by atoms with E-state index in [0.717, 1.165) is 132 Å². The largest absolute Gasteiger partial charge is 0.476 e. The number of piperidine rings is 2. The van der Waals surface area contributed by atoms with Gasteiger partial charge in [0.25, 0.3) is 5.91 Å². The Labute approximate surface area is 331 Å². The van der Waals surface area contributed by atoms with Crippen LogP contribution in [0.3, 0.4) is 0 Å². The molecule has 14 heteroatoms. The Balaban J connectivity index is 0.723. The van der Waals surface area contributed by atoms with Crippen LogP contribution in [0.4, 0.5) is 17.6 Å². The Kier molecular flexibility index (Phi) is 12.7. The van der Waals surface area contributed by atoms with Gasteiger partial charge >= 0.3 is 0 Å². The summed E-state index contributed by atoms with van der Waals surface area (Å²) in [5.41, 5.74) is 3.74. The third kappa shape index (κ3) is 9.69. The fourth-order valence-corrected chi connectivity index (χ4v) is 8.72. The lowest BCUT2D eigenvalue weighted by Crippen LogP contribution is -2.49. The van der Waals surface area contributed by atoms with E-state index < -0.39 is 0 Å². The number of piperazine rings is 1. The van der Waals surface area contributed by atoms with E-state index in [0.29, 0.717) is 30.5 Å². The Morgan fingerprint density at radius 3 is 2.29 bits per heavy atom. The Hall–Kier alpha value is -4.56. The van der Waals surface area contributed by atoms with Gasteiger partial charge in [-0.05, 0) is 62.8 Å². The molecule has 4 aliphatic rings. The van der Waals surface area contributed by atoms with Crippen LogP contribution in [0.5, 0.6) is 5.88 Å². The zero-order chi connectivity index (χ0) is 38.1. The number of fused-ring (bicyclic) bond motifs is 1. The Bertz CT molecular complexity index is 1840. The Morgan fingerprint density at radius 1 is 0.804 bits per heavy atom. The maximum Gasteiger partial charge on any atom is 0.254 e. The maximum absolute atomic E-state index is 12.7. The number of rotatable bonds is 14. The zero-order valence-corrected chi connectivity index (χ0v) is 33.2. The SMILES string of the molecule is CCc1cnn2c(NCc3ccc(OCCN4CCN(CC5CCN(c6ncc(C(=O)NC7CCCCC7)cn6)CC5)CC4)nc3)cc(N3CCCCC3)nc12. The number of carbonyl (C=O) groups is 1. The van der Waals surface area contributed by atoms with Gasteiger partial charge in [-0.3, -0.25) is 9.69 Å². The number of hydrogen-bond donors (Lipinski definition) is 2. The summed E-state index contributed by atoms with van der Waals surface area (Å²) < 4.78 is 8.01. The first kappa shape index (κ1) is 38.3. The number of ether oxygens (including phenoxy) is 1. The molecule has 0 radical (unpaired) electrons. The minimum Gasteiger partial charge on any atom is -0.476 e. The number of hydrogen-bond acceptors (Lipinski definition) is 12. The predicted molar refractivity (Wildman–Crippen MR) is 220 cm³/mol. The van der Waals surface area contributed by atoms with Gasteiger partial charge in [-0.1, -0.05) is 32.3 Å². The van der Waals surface area contributed by atoms with E-state index >= 15 is 0 Å². The van der Waals surface area contributed by atoms with Crippen LogP contribution in [-0.2, 0) is 13.0 Å². The monoisotopic (exact) mass is 764 g/mol. The summed E-state index contributed by atoms with van der Waals surface area (Å²) in [5.74, 6) is 4.02. The van der Waals surface area contributed by atoms with E-state index in [1.807, 2.05) is 23.0 Å². The summed E-state index contributed by atoms with van der Waals surface area (Å²) in [6.45, 7) is 13.8. The molecular weight excluding hydrogens is 705 g/mol. The molecule has 14 nitrogen and oxygen atoms in total. The van der Waals surface area contributed by atoms with E-state index in [4.69, 9.17) is 9.72 Å². The number of anilines is 3. The second-order valence-electron chi connectivity index (χ2n) is 16.2. The van der Waals surface area contributed by atoms with E-state index in [-0.39, 0.29) is 11.9 Å². The summed E-state index contributed by atoms with van der Waals surface area (Å²) in [7, 11) is 0. The number of pyridine rings is 1. The topological polar surface area (TPSA) is 132 Å². The van der Waals surface area contributed by atoms with Gasteiger partial charge in [-0.15, -0.1) is 0 Å². The van der Waals surface area contributed by atoms with Crippen molar-refractivity contribution in [2.24, 2.45) is 5.92 Å². The third-order valence-electron chi connectivity index (χ3n) is 12.2. The first-order valence-corrected chi connectivity index (χ1v) is 21.3. The molecule has 1 amide bonds. The average Bonchev–Trinajstić information content (AvgIpc) is 3.68. The van der Waals surface area contributed by atoms with Crippen LogP contribution < -0.4 is 25.2 Å². The minimum atomic E-state index is -0.0490. The number of nitrogens with zero attached hydrogens (tertiary/aromatic N) is 10. The van der Waals surface area contributed by atoms with E-state index in [1.54, 1.807) is 12.4 Å². The van der Waals surface area contributed by atoms with Crippen molar-refractivity contribution in [1.82, 2.24) is 44.7 Å². The number of aromatic nitrogens is 6. The van der Waals surface area contributed by atoms with Gasteiger partial charge in [0.1, 0.15) is 18.2 Å². The van der Waals surface area contributed by atoms with Crippen LogP contribution in [0.15, 0.2) is 43.0 Å². The molecule has 56 heavy (non-hydrogen) atoms. The summed E-state index contributed by atoms with van der Waals surface area (Å²) in [5, 5.41) is 11.4. The smallest absolute Gasteiger partial charge is 0.254 e. The summed E-state index contributed by atoms with van der Waals surface area (Å²) in [6, 6.07) is 6.49. The van der Waals surface area contributed by atoms with Gasteiger partial charge in [0.05, 0.1) is 11.8 Å². The molecule has 0 atom stereocenters. The first-order valence-electron chi connectivity index (χ1n) is 21.3. The van der Waals surface area contributed by atoms with Crippen molar-refractivity contribution in [2.75, 3.05) is 87.2 Å². The van der Waals surface area contributed by atoms with Crippen molar-refractivity contribution in [3.63, 3.8) is 0 Å². The molecule has 1 saturated carbocycles. The molecule has 3 saturated heterocycles. The highest BCUT2D eigenvalue weighted by molar-refractivity contribution is 5.93. The summed E-state index contributed by atoms with van der Waals surface area (Å²) in [6.07, 6.45) is 19.9. The lowest BCUT2D eigenvalue weighted by Gasteiger charge is -2.38. The molecule has 0 bridgehead atoms. The van der Waals surface area contributed by atoms with Crippen molar-refractivity contribution in [3.8, 4) is 5.88 Å². The minimum absolute atomic E-state index is 0.0490. The lowest BCUT2D eigenvalue weighted by atomic mass is 9.95. The number of nitrogens with one attached hydrogen (secondary N) is 2. The molecule has 0 aromatic carbocycles. The van der Waals surface area contributed by atoms with Gasteiger partial charge in [0.15, 0.2) is 5.65 Å². The Morgan fingerprint density at radius 2 is 1.55 bits per heavy atom. The highest BCUT2D eigenvalue weighted by atomic mass is 16.5. The van der Waals surface area contributed by atoms with Gasteiger partial charge in [-0.25, -0.2) is 19.9 Å². The maximum atomic E-state index is 12.7. The normalized spacial score (nSPS) is 19.4. The highest BCUT2D eigenvalue weighted by Crippen LogP contribution is 2.26. The number of aryl methyl sites for hydroxylation is 1. The third-order valence-corrected chi connectivity index (χ3v) is 12.2. The van der Waals surface area contributed by atoms with Gasteiger partial charge in [0, 0.05) is 114 Å². The molecule has 8 rings (SSSR count). The van der Waals surface area contributed by atoms with Crippen molar-refractivity contribution < 1.29 is 9.53 Å². The highest BCUT2D eigenvalue weighted by Gasteiger charge is 2.26. The van der Waals surface area contributed by atoms with Crippen LogP contribution >= 0.6 is 0 Å². The molecule has 300 valence electrons. The molecule has 0 spiro atoms. The summed E-state index contributed by atoms with van der Waals surface area (Å²) in [4.78, 5) is 41.2. The van der Waals surface area contributed by atoms with Crippen LogP contribution in [0.25, 0.3) is 5.65 Å². The van der Waals surface area contributed by atoms with Gasteiger partial charge in [-0.2, -0.15) is 9.61 Å². The molecule has 2 N–H and O–H groups in total. The molecule has 4 aromatic rings. The number of amides is 1. The second-order valence-corrected chi connectivity index (χ2v) is 16.2. The van der Waals surface area contributed by atoms with E-state index in [2.05, 4.69) is 69.3 Å². The van der Waals surface area contributed by atoms with Crippen molar-refractivity contribution in [1.29, 1.82) is 0 Å². The average molecular weight is 765 g/mol. The molecule has 7 heterocycles. The molecule has 3 aliphatic heterocycles. The van der Waals surface area contributed by atoms with Gasteiger partial charge in [0.2, 0.25) is 11.8 Å². The van der Waals surface area contributed by atoms with E-state index in [9.17, 15) is 4.79 Å². The van der Waals surface area contributed by atoms with Crippen molar-refractivity contribution >= 4 is 29.1 Å². The molecular formula is C42H60N12O2. The van der Waals surface area contributed by atoms with E-state index in [1.165, 1.54) is 38.5 Å². The standard InChI is InChI=1S/C42H60N12O2/c1-2-34-30-47-54-37(25-38(49-40(34)54)52-15-7-4-8-16-52)43-26-33-11-12-39(44-27-33)56-24-23-50-19-21-51(22-20-50)31-32-13-17-53(18-14-32)42-45-28-35(29-46-42)41(55)48-36-9-5-3-6-10-36/h11-12,25,27-30,32,36,43H,2-10,13-24,26,31H2,1H3,(H,48,55). The fourth-order valence-electron chi connectivity index (χ4n) is 8.72. The van der Waals surface area contributed by atoms with Crippen LogP contribution in [0.1, 0.15) is 92.6 Å².